The molecule has 130 valence electrons. The summed E-state index contributed by atoms with van der Waals surface area (Å²) in [5.41, 5.74) is -0.322. The van der Waals surface area contributed by atoms with Crippen LogP contribution in [0.5, 0.6) is 0 Å². The average molecular weight is 351 g/mol. The van der Waals surface area contributed by atoms with Gasteiger partial charge in [-0.05, 0) is 45.2 Å². The van der Waals surface area contributed by atoms with Crippen molar-refractivity contribution in [3.8, 4) is 6.07 Å². The number of hydrogen-bond acceptors (Lipinski definition) is 5. The van der Waals surface area contributed by atoms with E-state index < -0.39 is 5.60 Å². The topological polar surface area (TPSA) is 78.2 Å². The molecule has 1 aliphatic heterocycles. The molecule has 1 saturated heterocycles. The van der Waals surface area contributed by atoms with Gasteiger partial charge in [0.25, 0.3) is 0 Å². The van der Waals surface area contributed by atoms with Gasteiger partial charge in [-0.15, -0.1) is 0 Å². The summed E-state index contributed by atoms with van der Waals surface area (Å²) in [6.45, 7) is 8.90. The van der Waals surface area contributed by atoms with Crippen LogP contribution in [-0.4, -0.2) is 40.7 Å². The van der Waals surface area contributed by atoms with Crippen molar-refractivity contribution in [2.24, 2.45) is 5.92 Å². The number of hydrogen-bond donors (Lipinski definition) is 1. The molecular formula is C17H23ClN4O2. The number of carbonyl (C=O) groups is 1. The zero-order chi connectivity index (χ0) is 17.9. The van der Waals surface area contributed by atoms with Crippen molar-refractivity contribution in [2.45, 2.75) is 45.8 Å². The molecule has 1 amide bonds. The molecule has 0 aromatic carbocycles. The summed E-state index contributed by atoms with van der Waals surface area (Å²) in [6, 6.07) is 5.39. The van der Waals surface area contributed by atoms with Crippen LogP contribution in [0, 0.1) is 17.2 Å². The fourth-order valence-corrected chi connectivity index (χ4v) is 2.69. The number of piperidine rings is 1. The van der Waals surface area contributed by atoms with E-state index in [2.05, 4.69) is 17.2 Å². The van der Waals surface area contributed by atoms with Gasteiger partial charge in [0.05, 0.1) is 5.02 Å². The van der Waals surface area contributed by atoms with Crippen molar-refractivity contribution in [3.05, 3.63) is 22.8 Å². The number of pyridine rings is 1. The number of halogens is 1. The van der Waals surface area contributed by atoms with Gasteiger partial charge < -0.3 is 15.0 Å². The highest BCUT2D eigenvalue weighted by molar-refractivity contribution is 6.31. The molecule has 1 fully saturated rings. The maximum absolute atomic E-state index is 12.3. The molecule has 6 nitrogen and oxygen atoms in total. The number of likely N-dealkylation sites (tertiary alicyclic amines) is 1. The third kappa shape index (κ3) is 4.75. The molecule has 1 aliphatic rings. The first-order valence-corrected chi connectivity index (χ1v) is 8.38. The Balaban J connectivity index is 2.06. The van der Waals surface area contributed by atoms with Gasteiger partial charge in [-0.3, -0.25) is 0 Å². The van der Waals surface area contributed by atoms with E-state index in [0.29, 0.717) is 29.8 Å². The molecule has 0 bridgehead atoms. The standard InChI is InChI=1S/C17H23ClN4O2/c1-11-7-8-22(16(23)24-17(2,3)4)10-14(11)21-15-6-5-12(18)13(9-19)20-15/h5-6,11,14H,7-8,10H2,1-4H3,(H,20,21). The molecule has 7 heteroatoms. The van der Waals surface area contributed by atoms with Gasteiger partial charge in [0.15, 0.2) is 5.69 Å². The zero-order valence-electron chi connectivity index (χ0n) is 14.5. The van der Waals surface area contributed by atoms with Crippen LogP contribution < -0.4 is 5.32 Å². The second kappa shape index (κ2) is 7.27. The summed E-state index contributed by atoms with van der Waals surface area (Å²) in [5.74, 6) is 0.950. The summed E-state index contributed by atoms with van der Waals surface area (Å²) in [6.07, 6.45) is 0.568. The van der Waals surface area contributed by atoms with Crippen molar-refractivity contribution in [2.75, 3.05) is 18.4 Å². The quantitative estimate of drug-likeness (QED) is 0.880. The molecule has 0 spiro atoms. The number of nitriles is 1. The van der Waals surface area contributed by atoms with Crippen LogP contribution in [0.2, 0.25) is 5.02 Å². The smallest absolute Gasteiger partial charge is 0.410 e. The zero-order valence-corrected chi connectivity index (χ0v) is 15.2. The predicted octanol–water partition coefficient (Wildman–Crippen LogP) is 3.66. The highest BCUT2D eigenvalue weighted by Crippen LogP contribution is 2.23. The summed E-state index contributed by atoms with van der Waals surface area (Å²) >= 11 is 5.91. The SMILES string of the molecule is CC1CCN(C(=O)OC(C)(C)C)CC1Nc1ccc(Cl)c(C#N)n1. The Morgan fingerprint density at radius 3 is 2.83 bits per heavy atom. The molecule has 2 atom stereocenters. The van der Waals surface area contributed by atoms with Gasteiger partial charge >= 0.3 is 6.09 Å². The van der Waals surface area contributed by atoms with Crippen molar-refractivity contribution in [3.63, 3.8) is 0 Å². The number of rotatable bonds is 2. The number of carbonyl (C=O) groups excluding carboxylic acids is 1. The van der Waals surface area contributed by atoms with E-state index in [4.69, 9.17) is 21.6 Å². The molecule has 0 aliphatic carbocycles. The van der Waals surface area contributed by atoms with Gasteiger partial charge in [-0.25, -0.2) is 9.78 Å². The molecular weight excluding hydrogens is 328 g/mol. The lowest BCUT2D eigenvalue weighted by Gasteiger charge is -2.38. The normalized spacial score (nSPS) is 21.1. The van der Waals surface area contributed by atoms with Crippen molar-refractivity contribution in [1.29, 1.82) is 5.26 Å². The molecule has 2 unspecified atom stereocenters. The van der Waals surface area contributed by atoms with Gasteiger partial charge in [0.2, 0.25) is 0 Å². The van der Waals surface area contributed by atoms with Gasteiger partial charge in [0.1, 0.15) is 17.5 Å². The van der Waals surface area contributed by atoms with E-state index in [9.17, 15) is 4.79 Å². The minimum absolute atomic E-state index is 0.0338. The number of nitrogens with zero attached hydrogens (tertiary/aromatic N) is 3. The minimum Gasteiger partial charge on any atom is -0.444 e. The summed E-state index contributed by atoms with van der Waals surface area (Å²) in [7, 11) is 0. The van der Waals surface area contributed by atoms with Crippen LogP contribution in [0.15, 0.2) is 12.1 Å². The first-order valence-electron chi connectivity index (χ1n) is 8.00. The van der Waals surface area contributed by atoms with E-state index in [0.717, 1.165) is 6.42 Å². The number of anilines is 1. The van der Waals surface area contributed by atoms with E-state index in [-0.39, 0.29) is 17.8 Å². The predicted molar refractivity (Wildman–Crippen MR) is 93.0 cm³/mol. The fraction of sp³-hybridized carbons (Fsp3) is 0.588. The summed E-state index contributed by atoms with van der Waals surface area (Å²) in [5, 5.41) is 12.7. The Labute approximate surface area is 147 Å². The first-order chi connectivity index (χ1) is 11.2. The molecule has 2 rings (SSSR count). The van der Waals surface area contributed by atoms with Gasteiger partial charge in [0, 0.05) is 19.1 Å². The maximum Gasteiger partial charge on any atom is 0.410 e. The van der Waals surface area contributed by atoms with Gasteiger partial charge in [-0.2, -0.15) is 5.26 Å². The number of aromatic nitrogens is 1. The molecule has 1 aromatic heterocycles. The van der Waals surface area contributed by atoms with Gasteiger partial charge in [-0.1, -0.05) is 18.5 Å². The van der Waals surface area contributed by atoms with Crippen molar-refractivity contribution in [1.82, 2.24) is 9.88 Å². The van der Waals surface area contributed by atoms with Crippen LogP contribution in [0.25, 0.3) is 0 Å². The number of nitrogens with one attached hydrogen (secondary N) is 1. The monoisotopic (exact) mass is 350 g/mol. The Kier molecular flexibility index (Phi) is 5.55. The van der Waals surface area contributed by atoms with Crippen LogP contribution >= 0.6 is 11.6 Å². The maximum atomic E-state index is 12.3. The Hall–Kier alpha value is -2.00. The Morgan fingerprint density at radius 1 is 1.50 bits per heavy atom. The van der Waals surface area contributed by atoms with Crippen LogP contribution in [0.3, 0.4) is 0 Å². The summed E-state index contributed by atoms with van der Waals surface area (Å²) in [4.78, 5) is 18.2. The van der Waals surface area contributed by atoms with Crippen LogP contribution in [0.4, 0.5) is 10.6 Å². The third-order valence-electron chi connectivity index (χ3n) is 3.90. The summed E-state index contributed by atoms with van der Waals surface area (Å²) < 4.78 is 5.45. The first kappa shape index (κ1) is 18.3. The second-order valence-electron chi connectivity index (χ2n) is 7.08. The van der Waals surface area contributed by atoms with E-state index >= 15 is 0 Å². The Morgan fingerprint density at radius 2 is 2.21 bits per heavy atom. The lowest BCUT2D eigenvalue weighted by Crippen LogP contribution is -2.50. The fourth-order valence-electron chi connectivity index (χ4n) is 2.54. The van der Waals surface area contributed by atoms with Crippen molar-refractivity contribution < 1.29 is 9.53 Å². The minimum atomic E-state index is -0.511. The Bertz CT molecular complexity index is 651. The second-order valence-corrected chi connectivity index (χ2v) is 7.49. The number of amides is 1. The lowest BCUT2D eigenvalue weighted by molar-refractivity contribution is 0.0176. The molecule has 2 heterocycles. The largest absolute Gasteiger partial charge is 0.444 e. The van der Waals surface area contributed by atoms with Crippen molar-refractivity contribution >= 4 is 23.5 Å². The number of ether oxygens (including phenoxy) is 1. The molecule has 1 N–H and O–H groups in total. The lowest BCUT2D eigenvalue weighted by atomic mass is 9.93. The van der Waals surface area contributed by atoms with E-state index in [1.165, 1.54) is 0 Å². The average Bonchev–Trinajstić information content (AvgIpc) is 2.49. The third-order valence-corrected chi connectivity index (χ3v) is 4.20. The molecule has 0 radical (unpaired) electrons. The van der Waals surface area contributed by atoms with E-state index in [1.54, 1.807) is 17.0 Å². The highest BCUT2D eigenvalue weighted by Gasteiger charge is 2.31. The highest BCUT2D eigenvalue weighted by atomic mass is 35.5. The van der Waals surface area contributed by atoms with Crippen LogP contribution in [0.1, 0.15) is 39.8 Å². The van der Waals surface area contributed by atoms with Crippen LogP contribution in [-0.2, 0) is 4.74 Å². The molecule has 24 heavy (non-hydrogen) atoms. The van der Waals surface area contributed by atoms with E-state index in [1.807, 2.05) is 26.8 Å². The molecule has 1 aromatic rings. The molecule has 0 saturated carbocycles.